The summed E-state index contributed by atoms with van der Waals surface area (Å²) in [6, 6.07) is 13.5. The number of rotatable bonds is 5. The average molecular weight is 371 g/mol. The summed E-state index contributed by atoms with van der Waals surface area (Å²) in [7, 11) is -0.841. The Morgan fingerprint density at radius 2 is 1.77 bits per heavy atom. The molecule has 0 saturated heterocycles. The van der Waals surface area contributed by atoms with Crippen molar-refractivity contribution >= 4 is 21.6 Å². The van der Waals surface area contributed by atoms with Gasteiger partial charge in [-0.3, -0.25) is 4.79 Å². The van der Waals surface area contributed by atoms with Gasteiger partial charge in [-0.05, 0) is 55.3 Å². The summed E-state index contributed by atoms with van der Waals surface area (Å²) in [6.45, 7) is 3.45. The summed E-state index contributed by atoms with van der Waals surface area (Å²) in [5, 5.41) is 8.96. The standard InChI is InChI=1S/C19H21N3O3S/c1-14-8-9-18(10-15(14)2)26(24,25)21(3)13-19(23)22(4)17-7-5-6-16(11-17)12-20/h5-11H,13H2,1-4H3. The van der Waals surface area contributed by atoms with Crippen LogP contribution in [-0.4, -0.2) is 39.3 Å². The molecule has 0 atom stereocenters. The van der Waals surface area contributed by atoms with Crippen LogP contribution >= 0.6 is 0 Å². The molecule has 1 amide bonds. The number of hydrogen-bond donors (Lipinski definition) is 0. The number of nitriles is 1. The number of benzene rings is 2. The van der Waals surface area contributed by atoms with E-state index in [1.165, 1.54) is 11.9 Å². The zero-order valence-corrected chi connectivity index (χ0v) is 16.0. The Bertz CT molecular complexity index is 978. The van der Waals surface area contributed by atoms with E-state index in [0.29, 0.717) is 11.3 Å². The van der Waals surface area contributed by atoms with Gasteiger partial charge in [0.05, 0.1) is 23.1 Å². The Kier molecular flexibility index (Phi) is 5.80. The van der Waals surface area contributed by atoms with E-state index in [2.05, 4.69) is 0 Å². The molecule has 0 fully saturated rings. The van der Waals surface area contributed by atoms with Gasteiger partial charge in [-0.2, -0.15) is 9.57 Å². The second-order valence-corrected chi connectivity index (χ2v) is 8.17. The van der Waals surface area contributed by atoms with Gasteiger partial charge in [0.25, 0.3) is 0 Å². The molecule has 0 aromatic heterocycles. The average Bonchev–Trinajstić information content (AvgIpc) is 2.63. The predicted octanol–water partition coefficient (Wildman–Crippen LogP) is 2.46. The quantitative estimate of drug-likeness (QED) is 0.808. The SMILES string of the molecule is Cc1ccc(S(=O)(=O)N(C)CC(=O)N(C)c2cccc(C#N)c2)cc1C. The maximum atomic E-state index is 12.7. The lowest BCUT2D eigenvalue weighted by atomic mass is 10.1. The van der Waals surface area contributed by atoms with Crippen LogP contribution in [0.25, 0.3) is 0 Å². The highest BCUT2D eigenvalue weighted by Gasteiger charge is 2.25. The Morgan fingerprint density at radius 3 is 2.38 bits per heavy atom. The number of amides is 1. The zero-order chi connectivity index (χ0) is 19.5. The molecular weight excluding hydrogens is 350 g/mol. The van der Waals surface area contributed by atoms with Crippen molar-refractivity contribution in [3.8, 4) is 6.07 Å². The van der Waals surface area contributed by atoms with Crippen LogP contribution in [0.5, 0.6) is 0 Å². The fraction of sp³-hybridized carbons (Fsp3) is 0.263. The molecular formula is C19H21N3O3S. The lowest BCUT2D eigenvalue weighted by Gasteiger charge is -2.22. The highest BCUT2D eigenvalue weighted by Crippen LogP contribution is 2.19. The molecule has 26 heavy (non-hydrogen) atoms. The number of carbonyl (C=O) groups is 1. The van der Waals surface area contributed by atoms with E-state index in [1.54, 1.807) is 49.5 Å². The van der Waals surface area contributed by atoms with Gasteiger partial charge < -0.3 is 4.90 Å². The van der Waals surface area contributed by atoms with Crippen molar-refractivity contribution in [1.82, 2.24) is 4.31 Å². The molecule has 2 aromatic carbocycles. The minimum atomic E-state index is -3.77. The second-order valence-electron chi connectivity index (χ2n) is 6.12. The third-order valence-electron chi connectivity index (χ3n) is 4.28. The number of sulfonamides is 1. The number of nitrogens with zero attached hydrogens (tertiary/aromatic N) is 3. The summed E-state index contributed by atoms with van der Waals surface area (Å²) in [5.74, 6) is -0.394. The van der Waals surface area contributed by atoms with E-state index < -0.39 is 15.9 Å². The first-order chi connectivity index (χ1) is 12.2. The molecule has 0 N–H and O–H groups in total. The van der Waals surface area contributed by atoms with Crippen LogP contribution in [0.1, 0.15) is 16.7 Å². The van der Waals surface area contributed by atoms with Crippen LogP contribution in [0.15, 0.2) is 47.4 Å². The largest absolute Gasteiger partial charge is 0.314 e. The van der Waals surface area contributed by atoms with Gasteiger partial charge in [0, 0.05) is 19.8 Å². The molecule has 0 saturated carbocycles. The topological polar surface area (TPSA) is 81.5 Å². The van der Waals surface area contributed by atoms with Crippen molar-refractivity contribution in [3.05, 3.63) is 59.2 Å². The molecule has 7 heteroatoms. The lowest BCUT2D eigenvalue weighted by Crippen LogP contribution is -2.39. The fourth-order valence-corrected chi connectivity index (χ4v) is 3.57. The summed E-state index contributed by atoms with van der Waals surface area (Å²) >= 11 is 0. The van der Waals surface area contributed by atoms with Gasteiger partial charge in [-0.15, -0.1) is 0 Å². The van der Waals surface area contributed by atoms with Crippen molar-refractivity contribution < 1.29 is 13.2 Å². The van der Waals surface area contributed by atoms with Gasteiger partial charge >= 0.3 is 0 Å². The molecule has 0 heterocycles. The van der Waals surface area contributed by atoms with Crippen molar-refractivity contribution in [2.75, 3.05) is 25.5 Å². The molecule has 0 spiro atoms. The molecule has 0 unspecified atom stereocenters. The molecule has 136 valence electrons. The van der Waals surface area contributed by atoms with Crippen LogP contribution in [0.4, 0.5) is 5.69 Å². The maximum absolute atomic E-state index is 12.7. The zero-order valence-electron chi connectivity index (χ0n) is 15.2. The molecule has 6 nitrogen and oxygen atoms in total. The van der Waals surface area contributed by atoms with Crippen LogP contribution in [0.3, 0.4) is 0 Å². The lowest BCUT2D eigenvalue weighted by molar-refractivity contribution is -0.118. The first-order valence-corrected chi connectivity index (χ1v) is 9.41. The van der Waals surface area contributed by atoms with Crippen molar-refractivity contribution in [2.45, 2.75) is 18.7 Å². The van der Waals surface area contributed by atoms with Gasteiger partial charge in [-0.25, -0.2) is 8.42 Å². The normalized spacial score (nSPS) is 11.2. The summed E-state index contributed by atoms with van der Waals surface area (Å²) in [4.78, 5) is 14.0. The maximum Gasteiger partial charge on any atom is 0.243 e. The summed E-state index contributed by atoms with van der Waals surface area (Å²) in [6.07, 6.45) is 0. The van der Waals surface area contributed by atoms with Crippen LogP contribution in [0, 0.1) is 25.2 Å². The van der Waals surface area contributed by atoms with Gasteiger partial charge in [-0.1, -0.05) is 12.1 Å². The number of likely N-dealkylation sites (N-methyl/N-ethyl adjacent to an activating group) is 2. The van der Waals surface area contributed by atoms with E-state index in [0.717, 1.165) is 15.4 Å². The molecule has 2 rings (SSSR count). The Labute approximate surface area is 154 Å². The number of hydrogen-bond acceptors (Lipinski definition) is 4. The first-order valence-electron chi connectivity index (χ1n) is 7.97. The minimum absolute atomic E-state index is 0.157. The highest BCUT2D eigenvalue weighted by molar-refractivity contribution is 7.89. The van der Waals surface area contributed by atoms with Crippen LogP contribution in [-0.2, 0) is 14.8 Å². The molecule has 0 bridgehead atoms. The molecule has 0 aliphatic rings. The molecule has 0 aliphatic heterocycles. The van der Waals surface area contributed by atoms with Crippen molar-refractivity contribution in [2.24, 2.45) is 0 Å². The second kappa shape index (κ2) is 7.68. The number of anilines is 1. The molecule has 0 aliphatic carbocycles. The Morgan fingerprint density at radius 1 is 1.08 bits per heavy atom. The predicted molar refractivity (Wildman–Crippen MR) is 100 cm³/mol. The summed E-state index contributed by atoms with van der Waals surface area (Å²) in [5.41, 5.74) is 2.83. The van der Waals surface area contributed by atoms with E-state index in [9.17, 15) is 13.2 Å². The Hall–Kier alpha value is -2.69. The van der Waals surface area contributed by atoms with Crippen molar-refractivity contribution in [1.29, 1.82) is 5.26 Å². The van der Waals surface area contributed by atoms with Crippen LogP contribution in [0.2, 0.25) is 0 Å². The van der Waals surface area contributed by atoms with E-state index in [1.807, 2.05) is 19.9 Å². The van der Waals surface area contributed by atoms with E-state index in [4.69, 9.17) is 5.26 Å². The Balaban J connectivity index is 2.19. The van der Waals surface area contributed by atoms with Gasteiger partial charge in [0.15, 0.2) is 0 Å². The minimum Gasteiger partial charge on any atom is -0.314 e. The van der Waals surface area contributed by atoms with E-state index in [-0.39, 0.29) is 11.4 Å². The third-order valence-corrected chi connectivity index (χ3v) is 6.08. The first kappa shape index (κ1) is 19.6. The van der Waals surface area contributed by atoms with E-state index >= 15 is 0 Å². The third kappa shape index (κ3) is 4.10. The fourth-order valence-electron chi connectivity index (χ4n) is 2.36. The van der Waals surface area contributed by atoms with Gasteiger partial charge in [0.1, 0.15) is 0 Å². The smallest absolute Gasteiger partial charge is 0.243 e. The number of carbonyl (C=O) groups excluding carboxylic acids is 1. The van der Waals surface area contributed by atoms with Gasteiger partial charge in [0.2, 0.25) is 15.9 Å². The molecule has 0 radical (unpaired) electrons. The van der Waals surface area contributed by atoms with Crippen molar-refractivity contribution in [3.63, 3.8) is 0 Å². The van der Waals surface area contributed by atoms with Crippen LogP contribution < -0.4 is 4.90 Å². The number of aryl methyl sites for hydroxylation is 2. The highest BCUT2D eigenvalue weighted by atomic mass is 32.2. The monoisotopic (exact) mass is 371 g/mol. The summed E-state index contributed by atoms with van der Waals surface area (Å²) < 4.78 is 26.4. The molecule has 2 aromatic rings.